The van der Waals surface area contributed by atoms with Crippen molar-refractivity contribution in [3.63, 3.8) is 0 Å². The first-order chi connectivity index (χ1) is 9.11. The van der Waals surface area contributed by atoms with Gasteiger partial charge in [-0.3, -0.25) is 4.98 Å². The minimum absolute atomic E-state index is 0.0962. The Morgan fingerprint density at radius 2 is 1.84 bits per heavy atom. The number of hydrogen-bond donors (Lipinski definition) is 2. The van der Waals surface area contributed by atoms with Crippen molar-refractivity contribution in [3.05, 3.63) is 41.5 Å². The number of rotatable bonds is 4. The molecule has 0 bridgehead atoms. The molecule has 0 spiro atoms. The fourth-order valence-electron chi connectivity index (χ4n) is 1.92. The van der Waals surface area contributed by atoms with Gasteiger partial charge < -0.3 is 10.6 Å². The topological polar surface area (TPSA) is 62.7 Å². The summed E-state index contributed by atoms with van der Waals surface area (Å²) in [6.45, 7) is 5.95. The lowest BCUT2D eigenvalue weighted by molar-refractivity contribution is 0.824. The van der Waals surface area contributed by atoms with Crippen molar-refractivity contribution in [1.29, 1.82) is 0 Å². The molecule has 100 valence electrons. The van der Waals surface area contributed by atoms with Gasteiger partial charge in [0.1, 0.15) is 17.5 Å². The molecule has 1 unspecified atom stereocenters. The maximum Gasteiger partial charge on any atom is 0.135 e. The largest absolute Gasteiger partial charge is 0.373 e. The molecule has 0 fully saturated rings. The number of aromatic nitrogens is 3. The van der Waals surface area contributed by atoms with Crippen LogP contribution in [0.5, 0.6) is 0 Å². The average Bonchev–Trinajstić information content (AvgIpc) is 2.43. The monoisotopic (exact) mass is 257 g/mol. The van der Waals surface area contributed by atoms with Crippen molar-refractivity contribution >= 4 is 11.6 Å². The molecule has 2 N–H and O–H groups in total. The van der Waals surface area contributed by atoms with Gasteiger partial charge >= 0.3 is 0 Å². The van der Waals surface area contributed by atoms with Crippen LogP contribution in [0.2, 0.25) is 0 Å². The molecule has 2 aromatic heterocycles. The molecule has 5 heteroatoms. The van der Waals surface area contributed by atoms with E-state index in [0.717, 1.165) is 28.7 Å². The highest BCUT2D eigenvalue weighted by molar-refractivity contribution is 5.57. The number of hydrogen-bond acceptors (Lipinski definition) is 5. The lowest BCUT2D eigenvalue weighted by Gasteiger charge is -2.17. The van der Waals surface area contributed by atoms with E-state index < -0.39 is 0 Å². The van der Waals surface area contributed by atoms with Crippen LogP contribution in [0.15, 0.2) is 24.4 Å². The Hall–Kier alpha value is -2.17. The van der Waals surface area contributed by atoms with Gasteiger partial charge in [0.2, 0.25) is 0 Å². The van der Waals surface area contributed by atoms with Crippen LogP contribution in [0.1, 0.15) is 30.0 Å². The summed E-state index contributed by atoms with van der Waals surface area (Å²) in [4.78, 5) is 13.2. The van der Waals surface area contributed by atoms with Gasteiger partial charge in [-0.1, -0.05) is 6.07 Å². The van der Waals surface area contributed by atoms with Crippen LogP contribution < -0.4 is 10.6 Å². The molecule has 0 radical (unpaired) electrons. The van der Waals surface area contributed by atoms with E-state index in [-0.39, 0.29) is 6.04 Å². The molecule has 0 amide bonds. The standard InChI is InChI=1S/C14H19N5/c1-9-13(15-4)18-11(3)19-14(9)17-10(2)12-7-5-6-8-16-12/h5-8,10H,1-4H3,(H2,15,17,18,19). The highest BCUT2D eigenvalue weighted by Gasteiger charge is 2.12. The quantitative estimate of drug-likeness (QED) is 0.881. The molecule has 5 nitrogen and oxygen atoms in total. The lowest BCUT2D eigenvalue weighted by atomic mass is 10.2. The van der Waals surface area contributed by atoms with Crippen molar-refractivity contribution in [1.82, 2.24) is 15.0 Å². The molecule has 0 aromatic carbocycles. The van der Waals surface area contributed by atoms with Crippen LogP contribution >= 0.6 is 0 Å². The number of pyridine rings is 1. The summed E-state index contributed by atoms with van der Waals surface area (Å²) < 4.78 is 0. The van der Waals surface area contributed by atoms with Crippen molar-refractivity contribution in [2.45, 2.75) is 26.8 Å². The molecule has 0 saturated carbocycles. The number of anilines is 2. The minimum atomic E-state index is 0.0962. The highest BCUT2D eigenvalue weighted by atomic mass is 15.1. The van der Waals surface area contributed by atoms with Gasteiger partial charge in [0.15, 0.2) is 0 Å². The Morgan fingerprint density at radius 3 is 2.47 bits per heavy atom. The Morgan fingerprint density at radius 1 is 1.11 bits per heavy atom. The summed E-state index contributed by atoms with van der Waals surface area (Å²) >= 11 is 0. The van der Waals surface area contributed by atoms with E-state index in [9.17, 15) is 0 Å². The molecule has 0 aliphatic carbocycles. The minimum Gasteiger partial charge on any atom is -0.373 e. The predicted octanol–water partition coefficient (Wildman–Crippen LogP) is 2.70. The lowest BCUT2D eigenvalue weighted by Crippen LogP contribution is -2.12. The van der Waals surface area contributed by atoms with Crippen LogP contribution in [0.4, 0.5) is 11.6 Å². The second-order valence-corrected chi connectivity index (χ2v) is 4.46. The fourth-order valence-corrected chi connectivity index (χ4v) is 1.92. The maximum absolute atomic E-state index is 4.46. The molecular weight excluding hydrogens is 238 g/mol. The van der Waals surface area contributed by atoms with Gasteiger partial charge in [0.25, 0.3) is 0 Å². The van der Waals surface area contributed by atoms with E-state index in [1.165, 1.54) is 0 Å². The first-order valence-corrected chi connectivity index (χ1v) is 6.32. The second-order valence-electron chi connectivity index (χ2n) is 4.46. The van der Waals surface area contributed by atoms with Gasteiger partial charge in [-0.15, -0.1) is 0 Å². The van der Waals surface area contributed by atoms with Crippen LogP contribution in [0, 0.1) is 13.8 Å². The summed E-state index contributed by atoms with van der Waals surface area (Å²) in [6, 6.07) is 5.99. The van der Waals surface area contributed by atoms with Gasteiger partial charge in [0.05, 0.1) is 11.7 Å². The van der Waals surface area contributed by atoms with Crippen LogP contribution in [0.25, 0.3) is 0 Å². The Bertz CT molecular complexity index is 553. The third-order valence-electron chi connectivity index (χ3n) is 2.98. The fraction of sp³-hybridized carbons (Fsp3) is 0.357. The van der Waals surface area contributed by atoms with E-state index >= 15 is 0 Å². The third kappa shape index (κ3) is 2.99. The summed E-state index contributed by atoms with van der Waals surface area (Å²) in [5.41, 5.74) is 2.00. The maximum atomic E-state index is 4.46. The predicted molar refractivity (Wildman–Crippen MR) is 77.3 cm³/mol. The zero-order valence-corrected chi connectivity index (χ0v) is 11.7. The normalized spacial score (nSPS) is 12.0. The number of nitrogens with zero attached hydrogens (tertiary/aromatic N) is 3. The summed E-state index contributed by atoms with van der Waals surface area (Å²) in [5, 5.41) is 6.47. The van der Waals surface area contributed by atoms with Gasteiger partial charge in [0, 0.05) is 18.8 Å². The van der Waals surface area contributed by atoms with E-state index in [4.69, 9.17) is 0 Å². The van der Waals surface area contributed by atoms with Crippen molar-refractivity contribution < 1.29 is 0 Å². The van der Waals surface area contributed by atoms with Gasteiger partial charge in [-0.05, 0) is 32.9 Å². The molecule has 2 rings (SSSR count). The first-order valence-electron chi connectivity index (χ1n) is 6.32. The molecule has 1 atom stereocenters. The molecule has 19 heavy (non-hydrogen) atoms. The Balaban J connectivity index is 2.26. The van der Waals surface area contributed by atoms with Gasteiger partial charge in [-0.2, -0.15) is 0 Å². The zero-order valence-electron chi connectivity index (χ0n) is 11.7. The molecule has 2 heterocycles. The van der Waals surface area contributed by atoms with E-state index in [1.54, 1.807) is 6.20 Å². The molecule has 2 aromatic rings. The Kier molecular flexibility index (Phi) is 3.94. The number of nitrogens with one attached hydrogen (secondary N) is 2. The van der Waals surface area contributed by atoms with E-state index in [1.807, 2.05) is 39.1 Å². The van der Waals surface area contributed by atoms with Crippen molar-refractivity contribution in [2.75, 3.05) is 17.7 Å². The smallest absolute Gasteiger partial charge is 0.135 e. The van der Waals surface area contributed by atoms with E-state index in [2.05, 4.69) is 32.5 Å². The van der Waals surface area contributed by atoms with Crippen LogP contribution in [-0.2, 0) is 0 Å². The van der Waals surface area contributed by atoms with Gasteiger partial charge in [-0.25, -0.2) is 9.97 Å². The zero-order chi connectivity index (χ0) is 13.8. The third-order valence-corrected chi connectivity index (χ3v) is 2.98. The second kappa shape index (κ2) is 5.65. The van der Waals surface area contributed by atoms with E-state index in [0.29, 0.717) is 0 Å². The Labute approximate surface area is 113 Å². The molecule has 0 aliphatic rings. The molecule has 0 saturated heterocycles. The summed E-state index contributed by atoms with van der Waals surface area (Å²) in [7, 11) is 1.86. The number of aryl methyl sites for hydroxylation is 1. The SMILES string of the molecule is CNc1nc(C)nc(NC(C)c2ccccn2)c1C. The van der Waals surface area contributed by atoms with Crippen molar-refractivity contribution in [2.24, 2.45) is 0 Å². The average molecular weight is 257 g/mol. The first kappa shape index (κ1) is 13.3. The molecular formula is C14H19N5. The highest BCUT2D eigenvalue weighted by Crippen LogP contribution is 2.23. The van der Waals surface area contributed by atoms with Crippen LogP contribution in [0.3, 0.4) is 0 Å². The molecule has 0 aliphatic heterocycles. The van der Waals surface area contributed by atoms with Crippen LogP contribution in [-0.4, -0.2) is 22.0 Å². The summed E-state index contributed by atoms with van der Waals surface area (Å²) in [6.07, 6.45) is 1.80. The summed E-state index contributed by atoms with van der Waals surface area (Å²) in [5.74, 6) is 2.43. The van der Waals surface area contributed by atoms with Crippen molar-refractivity contribution in [3.8, 4) is 0 Å².